The Hall–Kier alpha value is -1.91. The number of rotatable bonds is 4. The standard InChI is InChI=1S/C22H23NO2S/c24-22(15-5-2-1-3-6-15)25-14-20-19-12-17-8-9-21(20)23(17)13-16(19)11-18-7-4-10-26-18/h1-7,10-11,17,19-21H,8-9,12-14H2/b16-11+/t17-,19+,20-,21+/m0/s1. The van der Waals surface area contributed by atoms with Gasteiger partial charge in [0.25, 0.3) is 0 Å². The lowest BCUT2D eigenvalue weighted by molar-refractivity contribution is -0.0150. The Kier molecular flexibility index (Phi) is 4.18. The van der Waals surface area contributed by atoms with E-state index < -0.39 is 0 Å². The van der Waals surface area contributed by atoms with Crippen molar-refractivity contribution in [1.82, 2.24) is 4.90 Å². The molecule has 1 unspecified atom stereocenters. The van der Waals surface area contributed by atoms with Gasteiger partial charge in [-0.3, -0.25) is 4.90 Å². The Bertz CT molecular complexity index is 814. The molecule has 1 aromatic carbocycles. The quantitative estimate of drug-likeness (QED) is 0.749. The van der Waals surface area contributed by atoms with Gasteiger partial charge in [-0.1, -0.05) is 29.8 Å². The fourth-order valence-corrected chi connectivity index (χ4v) is 5.87. The molecule has 4 heteroatoms. The molecular weight excluding hydrogens is 342 g/mol. The van der Waals surface area contributed by atoms with Gasteiger partial charge in [-0.25, -0.2) is 4.79 Å². The highest BCUT2D eigenvalue weighted by atomic mass is 32.1. The average Bonchev–Trinajstić information content (AvgIpc) is 3.30. The van der Waals surface area contributed by atoms with Gasteiger partial charge >= 0.3 is 5.97 Å². The number of piperidine rings is 3. The average molecular weight is 365 g/mol. The van der Waals surface area contributed by atoms with Crippen LogP contribution >= 0.6 is 11.3 Å². The lowest BCUT2D eigenvalue weighted by atomic mass is 9.71. The Morgan fingerprint density at radius 2 is 2.08 bits per heavy atom. The molecule has 4 bridgehead atoms. The smallest absolute Gasteiger partial charge is 0.338 e. The number of nitrogens with zero attached hydrogens (tertiary/aromatic N) is 1. The summed E-state index contributed by atoms with van der Waals surface area (Å²) in [4.78, 5) is 16.4. The van der Waals surface area contributed by atoms with E-state index in [4.69, 9.17) is 4.74 Å². The number of esters is 1. The predicted octanol–water partition coefficient (Wildman–Crippen LogP) is 4.47. The SMILES string of the molecule is O=C(OC[C@H]1[C@@H]2C[C@@H]3CC[C@H]1N3C/C2=C\c1cccs1)c1ccccc1. The van der Waals surface area contributed by atoms with Gasteiger partial charge in [-0.15, -0.1) is 11.3 Å². The first kappa shape index (κ1) is 16.3. The molecule has 0 N–H and O–H groups in total. The second-order valence-electron chi connectivity index (χ2n) is 7.68. The number of hydrogen-bond acceptors (Lipinski definition) is 4. The first-order chi connectivity index (χ1) is 12.8. The lowest BCUT2D eigenvalue weighted by Crippen LogP contribution is -2.57. The normalized spacial score (nSPS) is 33.5. The third-order valence-corrected chi connectivity index (χ3v) is 7.18. The molecule has 4 saturated heterocycles. The summed E-state index contributed by atoms with van der Waals surface area (Å²) in [6.07, 6.45) is 6.16. The van der Waals surface area contributed by atoms with E-state index in [1.54, 1.807) is 11.3 Å². The number of hydrogen-bond donors (Lipinski definition) is 0. The van der Waals surface area contributed by atoms with Crippen LogP contribution in [0.3, 0.4) is 0 Å². The molecule has 2 aromatic rings. The van der Waals surface area contributed by atoms with E-state index in [-0.39, 0.29) is 5.97 Å². The van der Waals surface area contributed by atoms with Gasteiger partial charge in [0, 0.05) is 29.4 Å². The van der Waals surface area contributed by atoms with Gasteiger partial charge < -0.3 is 4.74 Å². The van der Waals surface area contributed by atoms with Crippen LogP contribution in [-0.4, -0.2) is 36.1 Å². The summed E-state index contributed by atoms with van der Waals surface area (Å²) < 4.78 is 5.76. The van der Waals surface area contributed by atoms with Crippen LogP contribution in [0.4, 0.5) is 0 Å². The van der Waals surface area contributed by atoms with Gasteiger partial charge in [0.05, 0.1) is 12.2 Å². The van der Waals surface area contributed by atoms with Gasteiger partial charge in [-0.05, 0) is 54.8 Å². The number of carbonyl (C=O) groups excluding carboxylic acids is 1. The van der Waals surface area contributed by atoms with E-state index in [0.29, 0.717) is 30.0 Å². The fourth-order valence-electron chi connectivity index (χ4n) is 5.18. The minimum absolute atomic E-state index is 0.194. The molecule has 1 aromatic heterocycles. The van der Waals surface area contributed by atoms with Crippen LogP contribution in [0, 0.1) is 11.8 Å². The van der Waals surface area contributed by atoms with Gasteiger partial charge in [-0.2, -0.15) is 0 Å². The highest BCUT2D eigenvalue weighted by Crippen LogP contribution is 2.50. The molecular formula is C22H23NO2S. The number of carbonyl (C=O) groups is 1. The van der Waals surface area contributed by atoms with E-state index >= 15 is 0 Å². The summed E-state index contributed by atoms with van der Waals surface area (Å²) >= 11 is 1.80. The molecule has 6 rings (SSSR count). The summed E-state index contributed by atoms with van der Waals surface area (Å²) in [5.74, 6) is 0.796. The highest BCUT2D eigenvalue weighted by molar-refractivity contribution is 7.10. The molecule has 4 fully saturated rings. The third-order valence-electron chi connectivity index (χ3n) is 6.36. The second-order valence-corrected chi connectivity index (χ2v) is 8.66. The van der Waals surface area contributed by atoms with Crippen LogP contribution in [0.5, 0.6) is 0 Å². The van der Waals surface area contributed by atoms with Crippen molar-refractivity contribution in [3.05, 3.63) is 63.9 Å². The Balaban J connectivity index is 1.35. The monoisotopic (exact) mass is 365 g/mol. The molecule has 5 atom stereocenters. The maximum Gasteiger partial charge on any atom is 0.338 e. The van der Waals surface area contributed by atoms with Crippen molar-refractivity contribution in [2.45, 2.75) is 31.3 Å². The Morgan fingerprint density at radius 3 is 2.88 bits per heavy atom. The van der Waals surface area contributed by atoms with Crippen molar-refractivity contribution in [1.29, 1.82) is 0 Å². The van der Waals surface area contributed by atoms with Crippen molar-refractivity contribution in [3.63, 3.8) is 0 Å². The molecule has 0 radical (unpaired) electrons. The molecule has 0 aliphatic carbocycles. The molecule has 4 aliphatic heterocycles. The zero-order chi connectivity index (χ0) is 17.5. The van der Waals surface area contributed by atoms with Crippen molar-refractivity contribution in [3.8, 4) is 0 Å². The first-order valence-electron chi connectivity index (χ1n) is 9.51. The van der Waals surface area contributed by atoms with E-state index in [9.17, 15) is 4.79 Å². The molecule has 0 spiro atoms. The topological polar surface area (TPSA) is 29.5 Å². The maximum absolute atomic E-state index is 12.4. The molecule has 3 nitrogen and oxygen atoms in total. The predicted molar refractivity (Wildman–Crippen MR) is 104 cm³/mol. The van der Waals surface area contributed by atoms with E-state index in [1.807, 2.05) is 30.3 Å². The number of ether oxygens (including phenoxy) is 1. The Morgan fingerprint density at radius 1 is 1.19 bits per heavy atom. The van der Waals surface area contributed by atoms with Crippen molar-refractivity contribution in [2.24, 2.45) is 11.8 Å². The lowest BCUT2D eigenvalue weighted by Gasteiger charge is -2.51. The van der Waals surface area contributed by atoms with Crippen molar-refractivity contribution >= 4 is 23.4 Å². The van der Waals surface area contributed by atoms with Gasteiger partial charge in [0.2, 0.25) is 0 Å². The highest BCUT2D eigenvalue weighted by Gasteiger charge is 2.52. The van der Waals surface area contributed by atoms with Gasteiger partial charge in [0.15, 0.2) is 0 Å². The van der Waals surface area contributed by atoms with Crippen molar-refractivity contribution in [2.75, 3.05) is 13.2 Å². The molecule has 0 saturated carbocycles. The fraction of sp³-hybridized carbons (Fsp3) is 0.409. The van der Waals surface area contributed by atoms with Crippen LogP contribution in [0.25, 0.3) is 6.08 Å². The molecule has 26 heavy (non-hydrogen) atoms. The number of thiophene rings is 1. The van der Waals surface area contributed by atoms with Crippen LogP contribution in [0.2, 0.25) is 0 Å². The zero-order valence-electron chi connectivity index (χ0n) is 14.7. The van der Waals surface area contributed by atoms with E-state index in [2.05, 4.69) is 28.5 Å². The molecule has 134 valence electrons. The minimum atomic E-state index is -0.194. The molecule has 5 heterocycles. The zero-order valence-corrected chi connectivity index (χ0v) is 15.5. The van der Waals surface area contributed by atoms with Crippen LogP contribution in [0.15, 0.2) is 53.4 Å². The Labute approximate surface area is 158 Å². The first-order valence-corrected chi connectivity index (χ1v) is 10.4. The summed E-state index contributed by atoms with van der Waals surface area (Å²) in [6, 6.07) is 15.0. The second kappa shape index (κ2) is 6.67. The third kappa shape index (κ3) is 2.81. The van der Waals surface area contributed by atoms with Crippen LogP contribution in [0.1, 0.15) is 34.5 Å². The van der Waals surface area contributed by atoms with E-state index in [0.717, 1.165) is 12.6 Å². The number of benzene rings is 1. The van der Waals surface area contributed by atoms with E-state index in [1.165, 1.54) is 29.7 Å². The van der Waals surface area contributed by atoms with Crippen LogP contribution in [-0.2, 0) is 4.74 Å². The number of fused-ring (bicyclic) bond motifs is 1. The summed E-state index contributed by atoms with van der Waals surface area (Å²) in [7, 11) is 0. The summed E-state index contributed by atoms with van der Waals surface area (Å²) in [5, 5.41) is 2.14. The van der Waals surface area contributed by atoms with Crippen molar-refractivity contribution < 1.29 is 9.53 Å². The maximum atomic E-state index is 12.4. The molecule has 0 amide bonds. The van der Waals surface area contributed by atoms with Crippen LogP contribution < -0.4 is 0 Å². The largest absolute Gasteiger partial charge is 0.462 e. The minimum Gasteiger partial charge on any atom is -0.462 e. The van der Waals surface area contributed by atoms with Gasteiger partial charge in [0.1, 0.15) is 0 Å². The summed E-state index contributed by atoms with van der Waals surface area (Å²) in [5.41, 5.74) is 2.18. The summed E-state index contributed by atoms with van der Waals surface area (Å²) in [6.45, 7) is 1.63. The molecule has 4 aliphatic rings.